The number of pyridine rings is 1. The number of rotatable bonds is 1. The Morgan fingerprint density at radius 2 is 1.90 bits per heavy atom. The van der Waals surface area contributed by atoms with E-state index in [0.29, 0.717) is 37.6 Å². The molecule has 0 saturated carbocycles. The lowest BCUT2D eigenvalue weighted by Crippen LogP contribution is -2.37. The van der Waals surface area contributed by atoms with Crippen molar-refractivity contribution in [1.29, 1.82) is 0 Å². The zero-order chi connectivity index (χ0) is 15.0. The summed E-state index contributed by atoms with van der Waals surface area (Å²) in [5, 5.41) is 0.152. The predicted octanol–water partition coefficient (Wildman–Crippen LogP) is 3.40. The van der Waals surface area contributed by atoms with Crippen LogP contribution in [-0.4, -0.2) is 31.3 Å². The number of aryl methyl sites for hydroxylation is 1. The molecule has 0 unspecified atom stereocenters. The molecule has 6 heteroatoms. The summed E-state index contributed by atoms with van der Waals surface area (Å²) in [5.41, 5.74) is 0.527. The van der Waals surface area contributed by atoms with E-state index in [9.17, 15) is 13.2 Å². The van der Waals surface area contributed by atoms with E-state index in [0.717, 1.165) is 11.6 Å². The molecule has 0 atom stereocenters. The lowest BCUT2D eigenvalue weighted by molar-refractivity contribution is -0.136. The fourth-order valence-corrected chi connectivity index (χ4v) is 2.57. The highest BCUT2D eigenvalue weighted by Gasteiger charge is 2.34. The number of ether oxygens (including phenoxy) is 1. The number of anilines is 1. The summed E-state index contributed by atoms with van der Waals surface area (Å²) in [6, 6.07) is 6.02. The molecule has 2 heterocycles. The van der Waals surface area contributed by atoms with E-state index in [-0.39, 0.29) is 5.39 Å². The molecule has 1 fully saturated rings. The zero-order valence-electron chi connectivity index (χ0n) is 11.6. The molecule has 3 nitrogen and oxygen atoms in total. The van der Waals surface area contributed by atoms with Crippen molar-refractivity contribution in [3.8, 4) is 0 Å². The molecule has 0 aliphatic carbocycles. The van der Waals surface area contributed by atoms with Crippen molar-refractivity contribution in [2.45, 2.75) is 13.1 Å². The van der Waals surface area contributed by atoms with Crippen LogP contribution in [0, 0.1) is 6.92 Å². The van der Waals surface area contributed by atoms with E-state index in [4.69, 9.17) is 4.74 Å². The first-order valence-electron chi connectivity index (χ1n) is 6.77. The minimum absolute atomic E-state index is 0.152. The van der Waals surface area contributed by atoms with Crippen LogP contribution in [0.5, 0.6) is 0 Å². The van der Waals surface area contributed by atoms with Crippen molar-refractivity contribution < 1.29 is 17.9 Å². The highest BCUT2D eigenvalue weighted by atomic mass is 19.4. The highest BCUT2D eigenvalue weighted by molar-refractivity contribution is 5.87. The SMILES string of the molecule is Cc1cccc2c(C(F)(F)F)cc(N3CCOCC3)nc12. The molecule has 3 rings (SSSR count). The minimum Gasteiger partial charge on any atom is -0.378 e. The predicted molar refractivity (Wildman–Crippen MR) is 74.5 cm³/mol. The molecular formula is C15H15F3N2O. The van der Waals surface area contributed by atoms with Gasteiger partial charge in [-0.2, -0.15) is 13.2 Å². The Hall–Kier alpha value is -1.82. The Balaban J connectivity index is 2.20. The van der Waals surface area contributed by atoms with Crippen molar-refractivity contribution in [3.63, 3.8) is 0 Å². The van der Waals surface area contributed by atoms with Crippen LogP contribution in [0.25, 0.3) is 10.9 Å². The van der Waals surface area contributed by atoms with Gasteiger partial charge in [0.15, 0.2) is 0 Å². The van der Waals surface area contributed by atoms with Gasteiger partial charge in [-0.25, -0.2) is 4.98 Å². The van der Waals surface area contributed by atoms with Crippen molar-refractivity contribution in [2.24, 2.45) is 0 Å². The molecule has 0 N–H and O–H groups in total. The highest BCUT2D eigenvalue weighted by Crippen LogP contribution is 2.37. The van der Waals surface area contributed by atoms with Gasteiger partial charge in [-0.05, 0) is 18.6 Å². The average molecular weight is 296 g/mol. The lowest BCUT2D eigenvalue weighted by atomic mass is 10.0. The molecule has 1 aliphatic heterocycles. The third-order valence-corrected chi connectivity index (χ3v) is 3.67. The quantitative estimate of drug-likeness (QED) is 0.806. The minimum atomic E-state index is -4.39. The maximum absolute atomic E-state index is 13.3. The summed E-state index contributed by atoms with van der Waals surface area (Å²) in [5.74, 6) is 0.368. The number of morpholine rings is 1. The van der Waals surface area contributed by atoms with Crippen LogP contribution in [0.15, 0.2) is 24.3 Å². The van der Waals surface area contributed by atoms with Crippen LogP contribution < -0.4 is 4.90 Å². The van der Waals surface area contributed by atoms with Gasteiger partial charge >= 0.3 is 6.18 Å². The number of halogens is 3. The maximum Gasteiger partial charge on any atom is 0.417 e. The molecule has 0 spiro atoms. The van der Waals surface area contributed by atoms with Gasteiger partial charge in [0.1, 0.15) is 5.82 Å². The smallest absolute Gasteiger partial charge is 0.378 e. The molecule has 21 heavy (non-hydrogen) atoms. The van der Waals surface area contributed by atoms with Gasteiger partial charge in [0, 0.05) is 18.5 Å². The molecule has 1 saturated heterocycles. The van der Waals surface area contributed by atoms with Gasteiger partial charge in [0.05, 0.1) is 24.3 Å². The van der Waals surface area contributed by atoms with Gasteiger partial charge in [0.25, 0.3) is 0 Å². The van der Waals surface area contributed by atoms with Gasteiger partial charge in [-0.3, -0.25) is 0 Å². The summed E-state index contributed by atoms with van der Waals surface area (Å²) < 4.78 is 45.2. The zero-order valence-corrected chi connectivity index (χ0v) is 11.6. The fraction of sp³-hybridized carbons (Fsp3) is 0.400. The number of hydrogen-bond acceptors (Lipinski definition) is 3. The molecule has 1 aromatic carbocycles. The second-order valence-electron chi connectivity index (χ2n) is 5.10. The maximum atomic E-state index is 13.3. The summed E-state index contributed by atoms with van der Waals surface area (Å²) in [6.07, 6.45) is -4.39. The summed E-state index contributed by atoms with van der Waals surface area (Å²) in [7, 11) is 0. The Bertz CT molecular complexity index is 664. The number of fused-ring (bicyclic) bond motifs is 1. The molecule has 1 aromatic heterocycles. The van der Waals surface area contributed by atoms with Crippen LogP contribution in [0.2, 0.25) is 0 Å². The Kier molecular flexibility index (Phi) is 3.49. The largest absolute Gasteiger partial charge is 0.417 e. The van der Waals surface area contributed by atoms with Crippen LogP contribution in [0.1, 0.15) is 11.1 Å². The Morgan fingerprint density at radius 1 is 1.19 bits per heavy atom. The molecule has 2 aromatic rings. The van der Waals surface area contributed by atoms with E-state index in [1.807, 2.05) is 4.90 Å². The average Bonchev–Trinajstić information content (AvgIpc) is 2.47. The second-order valence-corrected chi connectivity index (χ2v) is 5.10. The van der Waals surface area contributed by atoms with E-state index in [1.165, 1.54) is 6.07 Å². The van der Waals surface area contributed by atoms with Crippen molar-refractivity contribution in [1.82, 2.24) is 4.98 Å². The fourth-order valence-electron chi connectivity index (χ4n) is 2.57. The molecule has 0 bridgehead atoms. The van der Waals surface area contributed by atoms with E-state index in [2.05, 4.69) is 4.98 Å². The van der Waals surface area contributed by atoms with Crippen LogP contribution >= 0.6 is 0 Å². The topological polar surface area (TPSA) is 25.4 Å². The monoisotopic (exact) mass is 296 g/mol. The van der Waals surface area contributed by atoms with Gasteiger partial charge in [-0.15, -0.1) is 0 Å². The van der Waals surface area contributed by atoms with Gasteiger partial charge in [-0.1, -0.05) is 18.2 Å². The normalized spacial score (nSPS) is 16.5. The number of hydrogen-bond donors (Lipinski definition) is 0. The van der Waals surface area contributed by atoms with Crippen molar-refractivity contribution in [2.75, 3.05) is 31.2 Å². The first kappa shape index (κ1) is 14.1. The van der Waals surface area contributed by atoms with E-state index < -0.39 is 11.7 Å². The first-order chi connectivity index (χ1) is 9.97. The summed E-state index contributed by atoms with van der Waals surface area (Å²) in [4.78, 5) is 6.28. The molecule has 0 amide bonds. The molecule has 1 aliphatic rings. The van der Waals surface area contributed by atoms with Crippen LogP contribution in [0.3, 0.4) is 0 Å². The summed E-state index contributed by atoms with van der Waals surface area (Å²) in [6.45, 7) is 3.91. The second kappa shape index (κ2) is 5.18. The standard InChI is InChI=1S/C15H15F3N2O/c1-10-3-2-4-11-12(15(16,17)18)9-13(19-14(10)11)20-5-7-21-8-6-20/h2-4,9H,5-8H2,1H3. The van der Waals surface area contributed by atoms with Gasteiger partial charge < -0.3 is 9.64 Å². The summed E-state index contributed by atoms with van der Waals surface area (Å²) >= 11 is 0. The molecule has 112 valence electrons. The van der Waals surface area contributed by atoms with Crippen molar-refractivity contribution in [3.05, 3.63) is 35.4 Å². The number of benzene rings is 1. The van der Waals surface area contributed by atoms with E-state index in [1.54, 1.807) is 19.1 Å². The third kappa shape index (κ3) is 2.68. The number of alkyl halides is 3. The molecule has 0 radical (unpaired) electrons. The first-order valence-corrected chi connectivity index (χ1v) is 6.77. The van der Waals surface area contributed by atoms with Crippen molar-refractivity contribution >= 4 is 16.7 Å². The number of para-hydroxylation sites is 1. The third-order valence-electron chi connectivity index (χ3n) is 3.67. The Labute approximate surface area is 120 Å². The number of aromatic nitrogens is 1. The number of nitrogens with zero attached hydrogens (tertiary/aromatic N) is 2. The van der Waals surface area contributed by atoms with Crippen LogP contribution in [-0.2, 0) is 10.9 Å². The van der Waals surface area contributed by atoms with Gasteiger partial charge in [0.2, 0.25) is 0 Å². The van der Waals surface area contributed by atoms with E-state index >= 15 is 0 Å². The lowest BCUT2D eigenvalue weighted by Gasteiger charge is -2.28. The van der Waals surface area contributed by atoms with Crippen LogP contribution in [0.4, 0.5) is 19.0 Å². The Morgan fingerprint density at radius 3 is 2.57 bits per heavy atom. The molecular weight excluding hydrogens is 281 g/mol.